The van der Waals surface area contributed by atoms with Gasteiger partial charge < -0.3 is 5.32 Å². The normalized spacial score (nSPS) is 20.4. The SMILES string of the molecule is Cc1cc(C)n(-c2cncc(NCC3(N4CCSCC4)CCCC3)n2)n1. The molecule has 1 aliphatic heterocycles. The lowest BCUT2D eigenvalue weighted by molar-refractivity contribution is 0.116. The molecule has 2 fully saturated rings. The van der Waals surface area contributed by atoms with Gasteiger partial charge in [-0.3, -0.25) is 9.88 Å². The van der Waals surface area contributed by atoms with Crippen molar-refractivity contribution in [2.24, 2.45) is 0 Å². The topological polar surface area (TPSA) is 58.9 Å². The highest BCUT2D eigenvalue weighted by Gasteiger charge is 2.39. The largest absolute Gasteiger partial charge is 0.367 e. The van der Waals surface area contributed by atoms with E-state index in [1.165, 1.54) is 50.3 Å². The molecule has 7 heteroatoms. The van der Waals surface area contributed by atoms with E-state index in [-0.39, 0.29) is 5.54 Å². The van der Waals surface area contributed by atoms with Crippen LogP contribution in [0.25, 0.3) is 5.82 Å². The Labute approximate surface area is 159 Å². The molecule has 1 N–H and O–H groups in total. The number of hydrogen-bond donors (Lipinski definition) is 1. The van der Waals surface area contributed by atoms with Crippen molar-refractivity contribution in [1.82, 2.24) is 24.6 Å². The first kappa shape index (κ1) is 17.8. The Hall–Kier alpha value is -1.60. The maximum Gasteiger partial charge on any atom is 0.174 e. The average molecular weight is 373 g/mol. The van der Waals surface area contributed by atoms with Gasteiger partial charge in [0, 0.05) is 42.4 Å². The fourth-order valence-corrected chi connectivity index (χ4v) is 5.24. The van der Waals surface area contributed by atoms with Crippen molar-refractivity contribution in [2.45, 2.75) is 45.1 Å². The van der Waals surface area contributed by atoms with E-state index in [1.807, 2.05) is 24.7 Å². The number of aromatic nitrogens is 4. The van der Waals surface area contributed by atoms with E-state index in [2.05, 4.69) is 38.1 Å². The summed E-state index contributed by atoms with van der Waals surface area (Å²) >= 11 is 2.08. The average Bonchev–Trinajstić information content (AvgIpc) is 3.28. The number of nitrogens with one attached hydrogen (secondary N) is 1. The summed E-state index contributed by atoms with van der Waals surface area (Å²) in [6.07, 6.45) is 8.85. The third-order valence-corrected chi connectivity index (χ3v) is 6.61. The van der Waals surface area contributed by atoms with Crippen LogP contribution in [0.4, 0.5) is 5.82 Å². The number of hydrogen-bond acceptors (Lipinski definition) is 6. The highest BCUT2D eigenvalue weighted by Crippen LogP contribution is 2.36. The van der Waals surface area contributed by atoms with Crippen LogP contribution in [0.15, 0.2) is 18.5 Å². The number of thioether (sulfide) groups is 1. The van der Waals surface area contributed by atoms with Crippen LogP contribution in [0.3, 0.4) is 0 Å². The van der Waals surface area contributed by atoms with Crippen molar-refractivity contribution in [3.63, 3.8) is 0 Å². The lowest BCUT2D eigenvalue weighted by Crippen LogP contribution is -2.54. The molecule has 0 atom stereocenters. The first-order valence-electron chi connectivity index (χ1n) is 9.59. The van der Waals surface area contributed by atoms with Crippen LogP contribution in [0.1, 0.15) is 37.1 Å². The number of aryl methyl sites for hydroxylation is 2. The molecule has 0 aromatic carbocycles. The van der Waals surface area contributed by atoms with Crippen LogP contribution in [0.2, 0.25) is 0 Å². The second-order valence-electron chi connectivity index (χ2n) is 7.49. The smallest absolute Gasteiger partial charge is 0.174 e. The predicted molar refractivity (Wildman–Crippen MR) is 107 cm³/mol. The van der Waals surface area contributed by atoms with E-state index in [4.69, 9.17) is 4.98 Å². The van der Waals surface area contributed by atoms with Gasteiger partial charge in [-0.1, -0.05) is 12.8 Å². The fourth-order valence-electron chi connectivity index (χ4n) is 4.33. The molecule has 1 saturated carbocycles. The Morgan fingerprint density at radius 3 is 2.62 bits per heavy atom. The van der Waals surface area contributed by atoms with Gasteiger partial charge in [0.25, 0.3) is 0 Å². The van der Waals surface area contributed by atoms with Gasteiger partial charge >= 0.3 is 0 Å². The van der Waals surface area contributed by atoms with Gasteiger partial charge in [0.1, 0.15) is 5.82 Å². The Morgan fingerprint density at radius 2 is 1.92 bits per heavy atom. The van der Waals surface area contributed by atoms with Crippen LogP contribution in [-0.2, 0) is 0 Å². The summed E-state index contributed by atoms with van der Waals surface area (Å²) in [5.41, 5.74) is 2.36. The molecule has 0 unspecified atom stereocenters. The van der Waals surface area contributed by atoms with Crippen molar-refractivity contribution in [1.29, 1.82) is 0 Å². The zero-order chi connectivity index (χ0) is 18.0. The van der Waals surface area contributed by atoms with Crippen molar-refractivity contribution >= 4 is 17.6 Å². The fraction of sp³-hybridized carbons (Fsp3) is 0.632. The Bertz CT molecular complexity index is 746. The third kappa shape index (κ3) is 3.60. The summed E-state index contributed by atoms with van der Waals surface area (Å²) < 4.78 is 1.86. The highest BCUT2D eigenvalue weighted by molar-refractivity contribution is 7.99. The number of rotatable bonds is 5. The molecule has 26 heavy (non-hydrogen) atoms. The van der Waals surface area contributed by atoms with Gasteiger partial charge in [-0.15, -0.1) is 0 Å². The van der Waals surface area contributed by atoms with Gasteiger partial charge in [0.05, 0.1) is 18.1 Å². The lowest BCUT2D eigenvalue weighted by atomic mass is 9.94. The van der Waals surface area contributed by atoms with E-state index in [0.717, 1.165) is 29.6 Å². The Morgan fingerprint density at radius 1 is 1.15 bits per heavy atom. The quantitative estimate of drug-likeness (QED) is 0.870. The summed E-state index contributed by atoms with van der Waals surface area (Å²) in [6.45, 7) is 7.42. The minimum atomic E-state index is 0.289. The minimum absolute atomic E-state index is 0.289. The van der Waals surface area contributed by atoms with Gasteiger partial charge in [-0.25, -0.2) is 9.67 Å². The molecule has 4 rings (SSSR count). The van der Waals surface area contributed by atoms with Crippen molar-refractivity contribution in [2.75, 3.05) is 36.5 Å². The second-order valence-corrected chi connectivity index (χ2v) is 8.71. The van der Waals surface area contributed by atoms with Crippen LogP contribution < -0.4 is 5.32 Å². The molecular weight excluding hydrogens is 344 g/mol. The molecule has 1 aliphatic carbocycles. The van der Waals surface area contributed by atoms with E-state index in [9.17, 15) is 0 Å². The summed E-state index contributed by atoms with van der Waals surface area (Å²) in [6, 6.07) is 2.06. The van der Waals surface area contributed by atoms with Crippen LogP contribution in [-0.4, -0.2) is 61.3 Å². The number of nitrogens with zero attached hydrogens (tertiary/aromatic N) is 5. The molecule has 1 saturated heterocycles. The molecule has 3 heterocycles. The molecular formula is C19H28N6S. The predicted octanol–water partition coefficient (Wildman–Crippen LogP) is 3.05. The van der Waals surface area contributed by atoms with Gasteiger partial charge in [-0.2, -0.15) is 16.9 Å². The zero-order valence-electron chi connectivity index (χ0n) is 15.7. The zero-order valence-corrected chi connectivity index (χ0v) is 16.6. The van der Waals surface area contributed by atoms with Crippen molar-refractivity contribution in [3.05, 3.63) is 29.8 Å². The summed E-state index contributed by atoms with van der Waals surface area (Å²) in [5, 5.41) is 8.12. The first-order valence-corrected chi connectivity index (χ1v) is 10.7. The molecule has 140 valence electrons. The summed E-state index contributed by atoms with van der Waals surface area (Å²) in [5.74, 6) is 4.13. The van der Waals surface area contributed by atoms with Crippen LogP contribution in [0, 0.1) is 13.8 Å². The standard InChI is InChI=1S/C19H28N6S/c1-15-11-16(2)25(23-15)18-13-20-12-17(22-18)21-14-19(5-3-4-6-19)24-7-9-26-10-8-24/h11-13H,3-10,14H2,1-2H3,(H,21,22). The second kappa shape index (κ2) is 7.56. The molecule has 0 spiro atoms. The minimum Gasteiger partial charge on any atom is -0.367 e. The van der Waals surface area contributed by atoms with Gasteiger partial charge in [0.2, 0.25) is 0 Å². The molecule has 0 amide bonds. The number of anilines is 1. The van der Waals surface area contributed by atoms with Crippen molar-refractivity contribution < 1.29 is 0 Å². The molecule has 2 aliphatic rings. The first-order chi connectivity index (χ1) is 12.7. The monoisotopic (exact) mass is 372 g/mol. The maximum atomic E-state index is 4.76. The molecule has 0 bridgehead atoms. The molecule has 0 radical (unpaired) electrons. The summed E-state index contributed by atoms with van der Waals surface area (Å²) in [7, 11) is 0. The van der Waals surface area contributed by atoms with E-state index in [1.54, 1.807) is 6.20 Å². The molecule has 2 aromatic rings. The van der Waals surface area contributed by atoms with E-state index >= 15 is 0 Å². The Kier molecular flexibility index (Phi) is 5.18. The third-order valence-electron chi connectivity index (χ3n) is 5.66. The van der Waals surface area contributed by atoms with E-state index in [0.29, 0.717) is 0 Å². The lowest BCUT2D eigenvalue weighted by Gasteiger charge is -2.43. The van der Waals surface area contributed by atoms with E-state index < -0.39 is 0 Å². The van der Waals surface area contributed by atoms with Crippen molar-refractivity contribution in [3.8, 4) is 5.82 Å². The van der Waals surface area contributed by atoms with Crippen LogP contribution >= 0.6 is 11.8 Å². The van der Waals surface area contributed by atoms with Gasteiger partial charge in [0.15, 0.2) is 5.82 Å². The maximum absolute atomic E-state index is 4.76. The molecule has 2 aromatic heterocycles. The molecule has 6 nitrogen and oxygen atoms in total. The summed E-state index contributed by atoms with van der Waals surface area (Å²) in [4.78, 5) is 11.9. The van der Waals surface area contributed by atoms with Gasteiger partial charge in [-0.05, 0) is 32.8 Å². The van der Waals surface area contributed by atoms with Crippen LogP contribution in [0.5, 0.6) is 0 Å². The highest BCUT2D eigenvalue weighted by atomic mass is 32.2. The Balaban J connectivity index is 1.50.